The van der Waals surface area contributed by atoms with Crippen LogP contribution in [0.2, 0.25) is 0 Å². The van der Waals surface area contributed by atoms with Gasteiger partial charge in [0.1, 0.15) is 17.5 Å². The Labute approximate surface area is 104 Å². The second kappa shape index (κ2) is 5.73. The summed E-state index contributed by atoms with van der Waals surface area (Å²) in [4.78, 5) is 7.23. The number of halogens is 2. The van der Waals surface area contributed by atoms with Crippen LogP contribution in [0, 0.1) is 11.6 Å². The maximum absolute atomic E-state index is 13.6. The highest BCUT2D eigenvalue weighted by Gasteiger charge is 2.09. The fraction of sp³-hybridized carbons (Fsp3) is 0.308. The van der Waals surface area contributed by atoms with Gasteiger partial charge in [-0.05, 0) is 32.1 Å². The van der Waals surface area contributed by atoms with E-state index in [-0.39, 0.29) is 0 Å². The van der Waals surface area contributed by atoms with E-state index in [0.29, 0.717) is 11.3 Å². The number of aromatic nitrogens is 2. The fourth-order valence-electron chi connectivity index (χ4n) is 1.77. The smallest absolute Gasteiger partial charge is 0.135 e. The largest absolute Gasteiger partial charge is 0.342 e. The average Bonchev–Trinajstić information content (AvgIpc) is 2.78. The molecule has 2 aromatic rings. The molecule has 5 heteroatoms. The first-order valence-electron chi connectivity index (χ1n) is 5.84. The van der Waals surface area contributed by atoms with Crippen molar-refractivity contribution in [3.63, 3.8) is 0 Å². The van der Waals surface area contributed by atoms with Crippen molar-refractivity contribution in [2.45, 2.75) is 12.8 Å². The van der Waals surface area contributed by atoms with Gasteiger partial charge >= 0.3 is 0 Å². The van der Waals surface area contributed by atoms with Crippen LogP contribution in [0.3, 0.4) is 0 Å². The van der Waals surface area contributed by atoms with Gasteiger partial charge in [0, 0.05) is 18.1 Å². The Hall–Kier alpha value is -1.75. The lowest BCUT2D eigenvalue weighted by Crippen LogP contribution is -2.08. The molecule has 3 nitrogen and oxygen atoms in total. The first-order chi connectivity index (χ1) is 8.70. The van der Waals surface area contributed by atoms with Crippen LogP contribution < -0.4 is 5.32 Å². The highest BCUT2D eigenvalue weighted by atomic mass is 19.1. The summed E-state index contributed by atoms with van der Waals surface area (Å²) >= 11 is 0. The SMILES string of the molecule is CNCCCc1ncc(-c2ccc(F)cc2F)[nH]1. The van der Waals surface area contributed by atoms with E-state index in [1.807, 2.05) is 7.05 Å². The number of H-pyrrole nitrogens is 1. The first-order valence-corrected chi connectivity index (χ1v) is 5.84. The van der Waals surface area contributed by atoms with Crippen LogP contribution in [0.5, 0.6) is 0 Å². The molecule has 0 radical (unpaired) electrons. The molecular weight excluding hydrogens is 236 g/mol. The lowest BCUT2D eigenvalue weighted by atomic mass is 10.1. The number of nitrogens with zero attached hydrogens (tertiary/aromatic N) is 1. The molecule has 96 valence electrons. The molecule has 0 fully saturated rings. The van der Waals surface area contributed by atoms with Crippen molar-refractivity contribution in [3.8, 4) is 11.3 Å². The van der Waals surface area contributed by atoms with E-state index < -0.39 is 11.6 Å². The Balaban J connectivity index is 2.13. The van der Waals surface area contributed by atoms with Gasteiger partial charge in [-0.15, -0.1) is 0 Å². The molecule has 2 rings (SSSR count). The fourth-order valence-corrected chi connectivity index (χ4v) is 1.77. The number of aromatic amines is 1. The van der Waals surface area contributed by atoms with Crippen molar-refractivity contribution in [1.82, 2.24) is 15.3 Å². The molecule has 0 bridgehead atoms. The number of imidazole rings is 1. The van der Waals surface area contributed by atoms with E-state index in [0.717, 1.165) is 31.3 Å². The van der Waals surface area contributed by atoms with Crippen LogP contribution >= 0.6 is 0 Å². The van der Waals surface area contributed by atoms with E-state index in [1.165, 1.54) is 12.1 Å². The molecule has 0 amide bonds. The minimum Gasteiger partial charge on any atom is -0.342 e. The Morgan fingerprint density at radius 3 is 2.89 bits per heavy atom. The number of benzene rings is 1. The zero-order valence-electron chi connectivity index (χ0n) is 10.1. The molecule has 1 aromatic carbocycles. The van der Waals surface area contributed by atoms with Crippen LogP contribution in [-0.4, -0.2) is 23.6 Å². The summed E-state index contributed by atoms with van der Waals surface area (Å²) < 4.78 is 26.4. The summed E-state index contributed by atoms with van der Waals surface area (Å²) in [5.74, 6) is -0.352. The van der Waals surface area contributed by atoms with Crippen molar-refractivity contribution in [3.05, 3.63) is 41.9 Å². The van der Waals surface area contributed by atoms with Gasteiger partial charge in [0.15, 0.2) is 0 Å². The molecule has 0 aliphatic heterocycles. The number of nitrogens with one attached hydrogen (secondary N) is 2. The van der Waals surface area contributed by atoms with Gasteiger partial charge in [-0.1, -0.05) is 0 Å². The van der Waals surface area contributed by atoms with Crippen molar-refractivity contribution in [1.29, 1.82) is 0 Å². The number of hydrogen-bond donors (Lipinski definition) is 2. The molecule has 0 atom stereocenters. The minimum atomic E-state index is -0.583. The molecule has 1 aromatic heterocycles. The normalized spacial score (nSPS) is 10.8. The third-order valence-corrected chi connectivity index (χ3v) is 2.69. The molecule has 0 saturated heterocycles. The molecular formula is C13H15F2N3. The number of aryl methyl sites for hydroxylation is 1. The molecule has 1 heterocycles. The van der Waals surface area contributed by atoms with E-state index in [9.17, 15) is 8.78 Å². The summed E-state index contributed by atoms with van der Waals surface area (Å²) in [5.41, 5.74) is 0.913. The quantitative estimate of drug-likeness (QED) is 0.802. The highest BCUT2D eigenvalue weighted by Crippen LogP contribution is 2.21. The summed E-state index contributed by atoms with van der Waals surface area (Å²) in [5, 5.41) is 3.05. The lowest BCUT2D eigenvalue weighted by molar-refractivity contribution is 0.585. The molecule has 0 unspecified atom stereocenters. The predicted molar refractivity (Wildman–Crippen MR) is 66.2 cm³/mol. The van der Waals surface area contributed by atoms with Crippen molar-refractivity contribution < 1.29 is 8.78 Å². The maximum Gasteiger partial charge on any atom is 0.135 e. The summed E-state index contributed by atoms with van der Waals surface area (Å²) in [6, 6.07) is 3.52. The molecule has 0 saturated carbocycles. The summed E-state index contributed by atoms with van der Waals surface area (Å²) in [7, 11) is 1.89. The zero-order valence-corrected chi connectivity index (χ0v) is 10.1. The minimum absolute atomic E-state index is 0.337. The third kappa shape index (κ3) is 2.92. The molecule has 0 aliphatic carbocycles. The number of rotatable bonds is 5. The van der Waals surface area contributed by atoms with Crippen LogP contribution in [0.25, 0.3) is 11.3 Å². The highest BCUT2D eigenvalue weighted by molar-refractivity contribution is 5.59. The van der Waals surface area contributed by atoms with E-state index in [1.54, 1.807) is 6.20 Å². The second-order valence-corrected chi connectivity index (χ2v) is 4.07. The topological polar surface area (TPSA) is 40.7 Å². The van der Waals surface area contributed by atoms with Gasteiger partial charge in [-0.25, -0.2) is 13.8 Å². The van der Waals surface area contributed by atoms with Crippen molar-refractivity contribution >= 4 is 0 Å². The van der Waals surface area contributed by atoms with Crippen LogP contribution in [0.4, 0.5) is 8.78 Å². The Kier molecular flexibility index (Phi) is 4.04. The molecule has 2 N–H and O–H groups in total. The predicted octanol–water partition coefficient (Wildman–Crippen LogP) is 2.51. The second-order valence-electron chi connectivity index (χ2n) is 4.07. The summed E-state index contributed by atoms with van der Waals surface area (Å²) in [6.45, 7) is 0.904. The average molecular weight is 251 g/mol. The Morgan fingerprint density at radius 2 is 2.17 bits per heavy atom. The van der Waals surface area contributed by atoms with Gasteiger partial charge in [0.2, 0.25) is 0 Å². The van der Waals surface area contributed by atoms with Gasteiger partial charge < -0.3 is 10.3 Å². The molecule has 0 spiro atoms. The van der Waals surface area contributed by atoms with Crippen molar-refractivity contribution in [2.75, 3.05) is 13.6 Å². The van der Waals surface area contributed by atoms with Gasteiger partial charge in [-0.3, -0.25) is 0 Å². The maximum atomic E-state index is 13.6. The van der Waals surface area contributed by atoms with Crippen molar-refractivity contribution in [2.24, 2.45) is 0 Å². The van der Waals surface area contributed by atoms with Gasteiger partial charge in [-0.2, -0.15) is 0 Å². The van der Waals surface area contributed by atoms with E-state index >= 15 is 0 Å². The zero-order chi connectivity index (χ0) is 13.0. The molecule has 18 heavy (non-hydrogen) atoms. The van der Waals surface area contributed by atoms with Crippen LogP contribution in [0.1, 0.15) is 12.2 Å². The Bertz CT molecular complexity index is 523. The third-order valence-electron chi connectivity index (χ3n) is 2.69. The number of hydrogen-bond acceptors (Lipinski definition) is 2. The lowest BCUT2D eigenvalue weighted by Gasteiger charge is -2.00. The Morgan fingerprint density at radius 1 is 1.33 bits per heavy atom. The van der Waals surface area contributed by atoms with Crippen LogP contribution in [-0.2, 0) is 6.42 Å². The monoisotopic (exact) mass is 251 g/mol. The van der Waals surface area contributed by atoms with E-state index in [2.05, 4.69) is 15.3 Å². The molecule has 0 aliphatic rings. The van der Waals surface area contributed by atoms with E-state index in [4.69, 9.17) is 0 Å². The first kappa shape index (κ1) is 12.7. The van der Waals surface area contributed by atoms with Crippen LogP contribution in [0.15, 0.2) is 24.4 Å². The van der Waals surface area contributed by atoms with Gasteiger partial charge in [0.05, 0.1) is 11.9 Å². The standard InChI is InChI=1S/C13H15F2N3/c1-16-6-2-3-13-17-8-12(18-13)10-5-4-9(14)7-11(10)15/h4-5,7-8,16H,2-3,6H2,1H3,(H,17,18). The summed E-state index contributed by atoms with van der Waals surface area (Å²) in [6.07, 6.45) is 3.32. The van der Waals surface area contributed by atoms with Gasteiger partial charge in [0.25, 0.3) is 0 Å².